The minimum Gasteiger partial charge on any atom is -0.404 e. The van der Waals surface area contributed by atoms with Crippen LogP contribution in [0.4, 0.5) is 30.2 Å². The molecule has 8 heteroatoms. The molecule has 0 saturated carbocycles. The van der Waals surface area contributed by atoms with E-state index >= 15 is 0 Å². The second-order valence-electron chi connectivity index (χ2n) is 8.88. The van der Waals surface area contributed by atoms with Gasteiger partial charge < -0.3 is 15.8 Å². The number of halogens is 3. The van der Waals surface area contributed by atoms with Crippen molar-refractivity contribution in [3.05, 3.63) is 89.4 Å². The predicted octanol–water partition coefficient (Wildman–Crippen LogP) is 6.82. The van der Waals surface area contributed by atoms with Gasteiger partial charge in [0.05, 0.1) is 11.3 Å². The van der Waals surface area contributed by atoms with Gasteiger partial charge in [0.2, 0.25) is 0 Å². The van der Waals surface area contributed by atoms with Crippen LogP contribution in [0.5, 0.6) is 0 Å². The Morgan fingerprint density at radius 2 is 1.92 bits per heavy atom. The van der Waals surface area contributed by atoms with Gasteiger partial charge in [0.15, 0.2) is 0 Å². The molecule has 3 N–H and O–H groups in total. The number of alkyl halides is 3. The predicted molar refractivity (Wildman–Crippen MR) is 138 cm³/mol. The van der Waals surface area contributed by atoms with Crippen molar-refractivity contribution in [3.8, 4) is 0 Å². The summed E-state index contributed by atoms with van der Waals surface area (Å²) < 4.78 is 44.7. The monoisotopic (exact) mass is 494 g/mol. The molecule has 36 heavy (non-hydrogen) atoms. The second-order valence-corrected chi connectivity index (χ2v) is 8.88. The van der Waals surface area contributed by atoms with Gasteiger partial charge in [-0.2, -0.15) is 13.2 Å². The summed E-state index contributed by atoms with van der Waals surface area (Å²) in [6.45, 7) is 3.50. The first-order chi connectivity index (χ1) is 17.3. The molecule has 3 aromatic rings. The van der Waals surface area contributed by atoms with Crippen LogP contribution >= 0.6 is 0 Å². The number of nitrogens with one attached hydrogen (secondary N) is 1. The highest BCUT2D eigenvalue weighted by Crippen LogP contribution is 2.32. The van der Waals surface area contributed by atoms with E-state index in [0.29, 0.717) is 23.0 Å². The highest BCUT2D eigenvalue weighted by Gasteiger charge is 2.30. The van der Waals surface area contributed by atoms with Crippen LogP contribution in [0.15, 0.2) is 72.1 Å². The van der Waals surface area contributed by atoms with Gasteiger partial charge in [0, 0.05) is 60.5 Å². The lowest BCUT2D eigenvalue weighted by atomic mass is 9.89. The van der Waals surface area contributed by atoms with Crippen LogP contribution in [0.25, 0.3) is 5.57 Å². The number of hydrogen-bond donors (Lipinski definition) is 2. The molecule has 1 aromatic heterocycles. The summed E-state index contributed by atoms with van der Waals surface area (Å²) >= 11 is 0. The molecular weight excluding hydrogens is 465 g/mol. The molecule has 2 aromatic carbocycles. The molecule has 0 unspecified atom stereocenters. The van der Waals surface area contributed by atoms with E-state index in [4.69, 9.17) is 10.5 Å². The summed E-state index contributed by atoms with van der Waals surface area (Å²) in [5.41, 5.74) is 10.7. The molecule has 0 aliphatic carbocycles. The maximum atomic E-state index is 13.1. The molecule has 0 atom stereocenters. The lowest BCUT2D eigenvalue weighted by Gasteiger charge is -2.23. The van der Waals surface area contributed by atoms with Gasteiger partial charge in [0.1, 0.15) is 0 Å². The largest absolute Gasteiger partial charge is 0.416 e. The quantitative estimate of drug-likeness (QED) is 0.354. The summed E-state index contributed by atoms with van der Waals surface area (Å²) in [6, 6.07) is 12.6. The maximum absolute atomic E-state index is 13.1. The molecule has 0 spiro atoms. The number of aromatic nitrogens is 1. The molecule has 1 aliphatic rings. The average Bonchev–Trinajstić information content (AvgIpc) is 2.87. The van der Waals surface area contributed by atoms with Crippen LogP contribution in [-0.2, 0) is 17.3 Å². The van der Waals surface area contributed by atoms with E-state index in [-0.39, 0.29) is 0 Å². The summed E-state index contributed by atoms with van der Waals surface area (Å²) in [4.78, 5) is 8.95. The van der Waals surface area contributed by atoms with Gasteiger partial charge >= 0.3 is 6.18 Å². The van der Waals surface area contributed by atoms with Crippen LogP contribution < -0.4 is 11.1 Å². The highest BCUT2D eigenvalue weighted by atomic mass is 19.4. The second kappa shape index (κ2) is 11.4. The van der Waals surface area contributed by atoms with Gasteiger partial charge in [-0.05, 0) is 79.6 Å². The number of ether oxygens (including phenoxy) is 1. The van der Waals surface area contributed by atoms with Crippen molar-refractivity contribution in [2.75, 3.05) is 18.5 Å². The van der Waals surface area contributed by atoms with E-state index < -0.39 is 11.7 Å². The fraction of sp³-hybridized carbons (Fsp3) is 0.286. The van der Waals surface area contributed by atoms with Crippen LogP contribution in [0.2, 0.25) is 0 Å². The highest BCUT2D eigenvalue weighted by molar-refractivity contribution is 6.11. The maximum Gasteiger partial charge on any atom is 0.416 e. The summed E-state index contributed by atoms with van der Waals surface area (Å²) in [5.74, 6) is 0.553. The first-order valence-electron chi connectivity index (χ1n) is 11.9. The number of pyridine rings is 1. The van der Waals surface area contributed by atoms with Crippen molar-refractivity contribution in [2.24, 2.45) is 16.6 Å². The molecule has 4 rings (SSSR count). The number of allylic oxidation sites excluding steroid dienone is 1. The zero-order chi connectivity index (χ0) is 25.5. The first kappa shape index (κ1) is 25.4. The molecular formula is C28H29F3N4O. The zero-order valence-corrected chi connectivity index (χ0v) is 20.1. The third-order valence-electron chi connectivity index (χ3n) is 6.28. The Bertz CT molecular complexity index is 1250. The van der Waals surface area contributed by atoms with Gasteiger partial charge in [0.25, 0.3) is 0 Å². The molecule has 0 bridgehead atoms. The third-order valence-corrected chi connectivity index (χ3v) is 6.28. The summed E-state index contributed by atoms with van der Waals surface area (Å²) in [6.07, 6.45) is 5.40. The number of anilines is 2. The van der Waals surface area contributed by atoms with Gasteiger partial charge in [-0.3, -0.25) is 9.98 Å². The molecule has 1 aliphatic heterocycles. The fourth-order valence-electron chi connectivity index (χ4n) is 4.23. The number of nitrogens with zero attached hydrogens (tertiary/aromatic N) is 2. The number of hydrogen-bond acceptors (Lipinski definition) is 5. The molecule has 1 saturated heterocycles. The zero-order valence-electron chi connectivity index (χ0n) is 20.1. The molecule has 2 heterocycles. The van der Waals surface area contributed by atoms with Crippen molar-refractivity contribution >= 4 is 28.8 Å². The van der Waals surface area contributed by atoms with Crippen molar-refractivity contribution < 1.29 is 17.9 Å². The SMILES string of the molecule is Cc1ccc(Nc2cccc(C(F)(F)F)c2)cc1N=CC(=CN)c1cnccc1CC1CCOCC1. The van der Waals surface area contributed by atoms with E-state index in [1.54, 1.807) is 36.8 Å². The number of rotatable bonds is 7. The van der Waals surface area contributed by atoms with Crippen molar-refractivity contribution in [2.45, 2.75) is 32.4 Å². The Balaban J connectivity index is 1.54. The number of benzene rings is 2. The van der Waals surface area contributed by atoms with Gasteiger partial charge in [-0.25, -0.2) is 0 Å². The van der Waals surface area contributed by atoms with Crippen LogP contribution in [-0.4, -0.2) is 24.4 Å². The lowest BCUT2D eigenvalue weighted by molar-refractivity contribution is -0.137. The number of aliphatic imine (C=N–C) groups is 1. The van der Waals surface area contributed by atoms with Gasteiger partial charge in [-0.15, -0.1) is 0 Å². The van der Waals surface area contributed by atoms with E-state index in [1.165, 1.54) is 12.3 Å². The molecule has 188 valence electrons. The Morgan fingerprint density at radius 3 is 2.67 bits per heavy atom. The fourth-order valence-corrected chi connectivity index (χ4v) is 4.23. The minimum absolute atomic E-state index is 0.347. The molecule has 5 nitrogen and oxygen atoms in total. The Morgan fingerprint density at radius 1 is 1.14 bits per heavy atom. The van der Waals surface area contributed by atoms with Crippen LogP contribution in [0.3, 0.4) is 0 Å². The van der Waals surface area contributed by atoms with E-state index in [9.17, 15) is 13.2 Å². The Labute approximate surface area is 208 Å². The number of aryl methyl sites for hydroxylation is 1. The topological polar surface area (TPSA) is 72.5 Å². The molecule has 1 fully saturated rings. The Kier molecular flexibility index (Phi) is 8.05. The minimum atomic E-state index is -4.40. The average molecular weight is 495 g/mol. The van der Waals surface area contributed by atoms with Crippen molar-refractivity contribution in [1.82, 2.24) is 4.98 Å². The Hall–Kier alpha value is -3.65. The van der Waals surface area contributed by atoms with E-state index in [0.717, 1.165) is 66.9 Å². The van der Waals surface area contributed by atoms with Crippen LogP contribution in [0, 0.1) is 12.8 Å². The number of nitrogens with two attached hydrogens (primary N) is 1. The van der Waals surface area contributed by atoms with Crippen molar-refractivity contribution in [3.63, 3.8) is 0 Å². The summed E-state index contributed by atoms with van der Waals surface area (Å²) in [7, 11) is 0. The lowest BCUT2D eigenvalue weighted by Crippen LogP contribution is -2.18. The van der Waals surface area contributed by atoms with E-state index in [2.05, 4.69) is 15.3 Å². The standard InChI is InChI=1S/C28H29F3N4O/c1-19-5-6-25(35-24-4-2-3-23(14-24)28(29,30)31)15-27(19)34-17-22(16-32)26-18-33-10-7-21(26)13-20-8-11-36-12-9-20/h2-7,10,14-18,20,35H,8-9,11-13,32H2,1H3. The van der Waals surface area contributed by atoms with Gasteiger partial charge in [-0.1, -0.05) is 12.1 Å². The smallest absolute Gasteiger partial charge is 0.404 e. The third kappa shape index (κ3) is 6.51. The normalized spacial score (nSPS) is 15.4. The first-order valence-corrected chi connectivity index (χ1v) is 11.9. The molecule has 0 amide bonds. The van der Waals surface area contributed by atoms with Crippen LogP contribution in [0.1, 0.15) is 35.1 Å². The summed E-state index contributed by atoms with van der Waals surface area (Å²) in [5, 5.41) is 3.04. The van der Waals surface area contributed by atoms with Crippen molar-refractivity contribution in [1.29, 1.82) is 0 Å². The van der Waals surface area contributed by atoms with E-state index in [1.807, 2.05) is 19.1 Å². The molecule has 0 radical (unpaired) electrons.